The maximum absolute atomic E-state index is 12.7. The summed E-state index contributed by atoms with van der Waals surface area (Å²) in [6.07, 6.45) is 0. The monoisotopic (exact) mass is 443 g/mol. The average molecular weight is 444 g/mol. The third-order valence-electron chi connectivity index (χ3n) is 5.44. The van der Waals surface area contributed by atoms with Crippen molar-refractivity contribution < 1.29 is 8.83 Å². The van der Waals surface area contributed by atoms with Crippen LogP contribution in [-0.2, 0) is 0 Å². The van der Waals surface area contributed by atoms with Gasteiger partial charge in [-0.05, 0) is 65.2 Å². The summed E-state index contributed by atoms with van der Waals surface area (Å²) in [4.78, 5) is 26.9. The summed E-state index contributed by atoms with van der Waals surface area (Å²) in [5.74, 6) is 0. The van der Waals surface area contributed by atoms with E-state index in [-0.39, 0.29) is 0 Å². The molecule has 0 unspecified atom stereocenters. The van der Waals surface area contributed by atoms with Crippen molar-refractivity contribution in [2.45, 2.75) is 0 Å². The lowest BCUT2D eigenvalue weighted by molar-refractivity contribution is 0.561. The van der Waals surface area contributed by atoms with Gasteiger partial charge in [0, 0.05) is 41.6 Å². The predicted molar refractivity (Wildman–Crippen MR) is 129 cm³/mol. The van der Waals surface area contributed by atoms with E-state index >= 15 is 0 Å². The fourth-order valence-electron chi connectivity index (χ4n) is 3.80. The molecule has 5 nitrogen and oxygen atoms in total. The van der Waals surface area contributed by atoms with Crippen molar-refractivity contribution in [3.8, 4) is 22.3 Å². The van der Waals surface area contributed by atoms with Gasteiger partial charge in [0.1, 0.15) is 11.2 Å². The molecule has 3 aromatic carbocycles. The van der Waals surface area contributed by atoms with Crippen molar-refractivity contribution in [1.82, 2.24) is 0 Å². The number of halogens is 1. The van der Waals surface area contributed by atoms with Gasteiger partial charge in [0.05, 0.1) is 5.56 Å². The van der Waals surface area contributed by atoms with Gasteiger partial charge in [-0.1, -0.05) is 29.8 Å². The minimum absolute atomic E-state index is 0.404. The van der Waals surface area contributed by atoms with Crippen molar-refractivity contribution in [2.75, 3.05) is 19.0 Å². The molecule has 0 aliphatic carbocycles. The molecule has 6 heteroatoms. The molecule has 2 aromatic heterocycles. The van der Waals surface area contributed by atoms with Crippen LogP contribution in [0.5, 0.6) is 0 Å². The standard InChI is InChI=1S/C26H18ClNO4/c1-28(2)19-7-3-15(4-8-19)20-14-25(29)31-24-9-5-16(12-22(20)24)21-13-17-11-18(27)6-10-23(17)32-26(21)30/h3-14H,1-2H3. The number of hydrogen-bond acceptors (Lipinski definition) is 5. The Balaban J connectivity index is 1.72. The molecule has 32 heavy (non-hydrogen) atoms. The first-order chi connectivity index (χ1) is 15.4. The Morgan fingerprint density at radius 1 is 0.719 bits per heavy atom. The molecule has 0 aliphatic rings. The van der Waals surface area contributed by atoms with Crippen LogP contribution in [0, 0.1) is 0 Å². The van der Waals surface area contributed by atoms with E-state index in [9.17, 15) is 9.59 Å². The maximum Gasteiger partial charge on any atom is 0.344 e. The molecule has 0 radical (unpaired) electrons. The Labute approximate surface area is 188 Å². The summed E-state index contributed by atoms with van der Waals surface area (Å²) in [6, 6.07) is 21.5. The number of hydrogen-bond donors (Lipinski definition) is 0. The molecule has 0 N–H and O–H groups in total. The van der Waals surface area contributed by atoms with E-state index < -0.39 is 11.3 Å². The van der Waals surface area contributed by atoms with Crippen LogP contribution in [-0.4, -0.2) is 14.1 Å². The molecule has 5 rings (SSSR count). The summed E-state index contributed by atoms with van der Waals surface area (Å²) >= 11 is 6.10. The van der Waals surface area contributed by atoms with E-state index in [0.29, 0.717) is 27.3 Å². The first kappa shape index (κ1) is 20.1. The van der Waals surface area contributed by atoms with E-state index in [1.165, 1.54) is 6.07 Å². The molecule has 0 aliphatic heterocycles. The number of fused-ring (bicyclic) bond motifs is 2. The van der Waals surface area contributed by atoms with Crippen LogP contribution in [0.4, 0.5) is 5.69 Å². The third-order valence-corrected chi connectivity index (χ3v) is 5.68. The van der Waals surface area contributed by atoms with Crippen LogP contribution < -0.4 is 16.2 Å². The molecule has 0 saturated carbocycles. The fraction of sp³-hybridized carbons (Fsp3) is 0.0769. The lowest BCUT2D eigenvalue weighted by atomic mass is 9.98. The lowest BCUT2D eigenvalue weighted by Crippen LogP contribution is -2.08. The quantitative estimate of drug-likeness (QED) is 0.322. The Morgan fingerprint density at radius 3 is 2.19 bits per heavy atom. The average Bonchev–Trinajstić information content (AvgIpc) is 2.78. The van der Waals surface area contributed by atoms with Crippen LogP contribution >= 0.6 is 11.6 Å². The van der Waals surface area contributed by atoms with Gasteiger partial charge in [-0.2, -0.15) is 0 Å². The van der Waals surface area contributed by atoms with Crippen molar-refractivity contribution in [1.29, 1.82) is 0 Å². The second kappa shape index (κ2) is 7.70. The van der Waals surface area contributed by atoms with Crippen molar-refractivity contribution in [2.24, 2.45) is 0 Å². The zero-order valence-electron chi connectivity index (χ0n) is 17.4. The van der Waals surface area contributed by atoms with Crippen LogP contribution in [0.25, 0.3) is 44.2 Å². The van der Waals surface area contributed by atoms with Crippen molar-refractivity contribution in [3.63, 3.8) is 0 Å². The van der Waals surface area contributed by atoms with E-state index in [1.54, 1.807) is 36.4 Å². The number of rotatable bonds is 3. The van der Waals surface area contributed by atoms with Gasteiger partial charge in [0.2, 0.25) is 0 Å². The van der Waals surface area contributed by atoms with E-state index in [2.05, 4.69) is 0 Å². The number of benzene rings is 3. The molecule has 0 fully saturated rings. The first-order valence-corrected chi connectivity index (χ1v) is 10.4. The van der Waals surface area contributed by atoms with E-state index in [4.69, 9.17) is 20.4 Å². The van der Waals surface area contributed by atoms with Crippen LogP contribution in [0.3, 0.4) is 0 Å². The Kier molecular flexibility index (Phi) is 4.83. The lowest BCUT2D eigenvalue weighted by Gasteiger charge is -2.13. The highest BCUT2D eigenvalue weighted by atomic mass is 35.5. The van der Waals surface area contributed by atoms with Crippen molar-refractivity contribution >= 4 is 39.2 Å². The van der Waals surface area contributed by atoms with Crippen LogP contribution in [0.2, 0.25) is 5.02 Å². The minimum Gasteiger partial charge on any atom is -0.423 e. The second-order valence-corrected chi connectivity index (χ2v) is 8.20. The molecule has 5 aromatic rings. The first-order valence-electron chi connectivity index (χ1n) is 9.98. The fourth-order valence-corrected chi connectivity index (χ4v) is 3.98. The van der Waals surface area contributed by atoms with Gasteiger partial charge in [-0.15, -0.1) is 0 Å². The van der Waals surface area contributed by atoms with Crippen molar-refractivity contribution in [3.05, 3.63) is 98.7 Å². The van der Waals surface area contributed by atoms with E-state index in [0.717, 1.165) is 27.6 Å². The van der Waals surface area contributed by atoms with Gasteiger partial charge in [-0.25, -0.2) is 9.59 Å². The zero-order valence-corrected chi connectivity index (χ0v) is 18.1. The van der Waals surface area contributed by atoms with Gasteiger partial charge >= 0.3 is 11.3 Å². The highest BCUT2D eigenvalue weighted by Gasteiger charge is 2.13. The Hall–Kier alpha value is -3.83. The largest absolute Gasteiger partial charge is 0.423 e. The molecule has 0 atom stereocenters. The molecule has 0 spiro atoms. The predicted octanol–water partition coefficient (Wildman–Crippen LogP) is 5.95. The normalized spacial score (nSPS) is 11.2. The highest BCUT2D eigenvalue weighted by molar-refractivity contribution is 6.31. The molecular weight excluding hydrogens is 426 g/mol. The maximum atomic E-state index is 12.7. The molecular formula is C26H18ClNO4. The smallest absolute Gasteiger partial charge is 0.344 e. The summed E-state index contributed by atoms with van der Waals surface area (Å²) in [7, 11) is 3.94. The molecule has 0 saturated heterocycles. The SMILES string of the molecule is CN(C)c1ccc(-c2cc(=O)oc3ccc(-c4cc5cc(Cl)ccc5oc4=O)cc23)cc1. The number of anilines is 1. The molecule has 0 bridgehead atoms. The van der Waals surface area contributed by atoms with Gasteiger partial charge in [0.25, 0.3) is 0 Å². The van der Waals surface area contributed by atoms with Gasteiger partial charge in [0.15, 0.2) is 0 Å². The van der Waals surface area contributed by atoms with Gasteiger partial charge < -0.3 is 13.7 Å². The summed E-state index contributed by atoms with van der Waals surface area (Å²) in [5.41, 5.74) is 3.76. The summed E-state index contributed by atoms with van der Waals surface area (Å²) in [6.45, 7) is 0. The Bertz CT molecular complexity index is 1600. The number of nitrogens with zero attached hydrogens (tertiary/aromatic N) is 1. The summed E-state index contributed by atoms with van der Waals surface area (Å²) in [5, 5.41) is 2.01. The van der Waals surface area contributed by atoms with Crippen LogP contribution in [0.1, 0.15) is 0 Å². The molecule has 2 heterocycles. The third kappa shape index (κ3) is 3.57. The molecule has 158 valence electrons. The van der Waals surface area contributed by atoms with Crippen LogP contribution in [0.15, 0.2) is 91.2 Å². The highest BCUT2D eigenvalue weighted by Crippen LogP contribution is 2.32. The topological polar surface area (TPSA) is 63.7 Å². The second-order valence-electron chi connectivity index (χ2n) is 7.76. The van der Waals surface area contributed by atoms with Gasteiger partial charge in [-0.3, -0.25) is 0 Å². The minimum atomic E-state index is -0.451. The summed E-state index contributed by atoms with van der Waals surface area (Å²) < 4.78 is 10.9. The molecule has 0 amide bonds. The zero-order chi connectivity index (χ0) is 22.4. The van der Waals surface area contributed by atoms with E-state index in [1.807, 2.05) is 49.3 Å². The Morgan fingerprint density at radius 2 is 1.44 bits per heavy atom.